The largest absolute Gasteiger partial charge is 0.411 e. The Morgan fingerprint density at radius 1 is 1.17 bits per heavy atom. The third kappa shape index (κ3) is 4.44. The fraction of sp³-hybridized carbons (Fsp3) is 0.158. The number of aromatic nitrogens is 4. The Labute approximate surface area is 174 Å². The molecule has 2 heterocycles. The first-order valence-electron chi connectivity index (χ1n) is 8.49. The van der Waals surface area contributed by atoms with Crippen LogP contribution in [0.1, 0.15) is 5.56 Å². The molecule has 0 unspecified atom stereocenters. The van der Waals surface area contributed by atoms with Gasteiger partial charge >= 0.3 is 0 Å². The molecule has 29 heavy (non-hydrogen) atoms. The lowest BCUT2D eigenvalue weighted by Gasteiger charge is -2.10. The van der Waals surface area contributed by atoms with Crippen molar-refractivity contribution < 1.29 is 14.6 Å². The van der Waals surface area contributed by atoms with Crippen molar-refractivity contribution in [3.05, 3.63) is 58.6 Å². The Hall–Kier alpha value is -3.24. The van der Waals surface area contributed by atoms with Gasteiger partial charge in [0.15, 0.2) is 17.3 Å². The average Bonchev–Trinajstić information content (AvgIpc) is 3.30. The molecule has 4 rings (SSSR count). The average molecular weight is 459 g/mol. The van der Waals surface area contributed by atoms with E-state index in [4.69, 9.17) is 10.4 Å². The van der Waals surface area contributed by atoms with Crippen LogP contribution in [0.2, 0.25) is 0 Å². The number of benzene rings is 2. The van der Waals surface area contributed by atoms with Crippen LogP contribution in [0.5, 0.6) is 0 Å². The third-order valence-corrected chi connectivity index (χ3v) is 4.51. The van der Waals surface area contributed by atoms with E-state index in [0.29, 0.717) is 17.2 Å². The lowest BCUT2D eigenvalue weighted by molar-refractivity contribution is 0.277. The maximum Gasteiger partial charge on any atom is 0.199 e. The summed E-state index contributed by atoms with van der Waals surface area (Å²) in [5.74, 6) is 0.635. The summed E-state index contributed by atoms with van der Waals surface area (Å²) in [7, 11) is 3.25. The van der Waals surface area contributed by atoms with Gasteiger partial charge in [-0.05, 0) is 34.6 Å². The van der Waals surface area contributed by atoms with Gasteiger partial charge in [-0.2, -0.15) is 0 Å². The van der Waals surface area contributed by atoms with Gasteiger partial charge in [0, 0.05) is 24.3 Å². The summed E-state index contributed by atoms with van der Waals surface area (Å²) in [4.78, 5) is 4.59. The molecule has 0 atom stereocenters. The van der Waals surface area contributed by atoms with Crippen molar-refractivity contribution in [2.45, 2.75) is 6.54 Å². The predicted molar refractivity (Wildman–Crippen MR) is 113 cm³/mol. The number of hydrogen-bond acceptors (Lipinski definition) is 8. The number of para-hydroxylation sites is 2. The quantitative estimate of drug-likeness (QED) is 0.272. The summed E-state index contributed by atoms with van der Waals surface area (Å²) in [6, 6.07) is 15.1. The second-order valence-corrected chi connectivity index (χ2v) is 6.89. The maximum atomic E-state index is 9.57. The highest BCUT2D eigenvalue weighted by molar-refractivity contribution is 9.10. The van der Waals surface area contributed by atoms with Crippen LogP contribution in [0.25, 0.3) is 22.6 Å². The standard InChI is InChI=1S/C17H13BrN6O2.C2H6O/c18-11-7-5-10(6-8-11)13(21-25)9-24-14-4-2-1-3-12(14)20-17(24)15-16(19)23-26-22-15;1-3-2/h1-8,25H,9H2,(H2,19,23);1-2H3. The summed E-state index contributed by atoms with van der Waals surface area (Å²) in [6.45, 7) is 0.264. The Bertz CT molecular complexity index is 1120. The van der Waals surface area contributed by atoms with Gasteiger partial charge in [-0.25, -0.2) is 9.61 Å². The molecule has 2 aromatic carbocycles. The van der Waals surface area contributed by atoms with Gasteiger partial charge in [0.25, 0.3) is 0 Å². The van der Waals surface area contributed by atoms with Gasteiger partial charge in [-0.3, -0.25) is 0 Å². The zero-order valence-corrected chi connectivity index (χ0v) is 17.4. The molecule has 0 spiro atoms. The fourth-order valence-corrected chi connectivity index (χ4v) is 3.00. The number of nitrogens with zero attached hydrogens (tertiary/aromatic N) is 5. The van der Waals surface area contributed by atoms with E-state index in [1.165, 1.54) is 0 Å². The van der Waals surface area contributed by atoms with E-state index in [9.17, 15) is 5.21 Å². The summed E-state index contributed by atoms with van der Waals surface area (Å²) in [5, 5.41) is 20.5. The molecule has 0 aliphatic rings. The van der Waals surface area contributed by atoms with Crippen LogP contribution in [-0.4, -0.2) is 45.0 Å². The Balaban J connectivity index is 0.000000755. The van der Waals surface area contributed by atoms with Crippen LogP contribution in [0.3, 0.4) is 0 Å². The molecule has 0 amide bonds. The lowest BCUT2D eigenvalue weighted by atomic mass is 10.1. The van der Waals surface area contributed by atoms with Gasteiger partial charge in [0.05, 0.1) is 17.6 Å². The zero-order valence-electron chi connectivity index (χ0n) is 15.8. The Morgan fingerprint density at radius 3 is 2.48 bits per heavy atom. The van der Waals surface area contributed by atoms with Crippen molar-refractivity contribution in [3.63, 3.8) is 0 Å². The minimum Gasteiger partial charge on any atom is -0.411 e. The molecule has 9 nitrogen and oxygen atoms in total. The first kappa shape index (κ1) is 20.5. The minimum absolute atomic E-state index is 0.146. The highest BCUT2D eigenvalue weighted by atomic mass is 79.9. The molecule has 0 fully saturated rings. The van der Waals surface area contributed by atoms with Crippen LogP contribution in [0, 0.1) is 0 Å². The number of rotatable bonds is 4. The number of hydrogen-bond donors (Lipinski definition) is 2. The van der Waals surface area contributed by atoms with E-state index >= 15 is 0 Å². The summed E-state index contributed by atoms with van der Waals surface area (Å²) < 4.78 is 11.8. The molecule has 0 saturated carbocycles. The Morgan fingerprint density at radius 2 is 1.86 bits per heavy atom. The van der Waals surface area contributed by atoms with E-state index in [1.807, 2.05) is 53.1 Å². The molecule has 150 valence electrons. The van der Waals surface area contributed by atoms with Crippen LogP contribution in [0.15, 0.2) is 62.8 Å². The number of nitrogens with two attached hydrogens (primary N) is 1. The Kier molecular flexibility index (Phi) is 6.57. The van der Waals surface area contributed by atoms with E-state index in [-0.39, 0.29) is 12.4 Å². The fourth-order valence-electron chi connectivity index (χ4n) is 2.74. The minimum atomic E-state index is 0.146. The van der Waals surface area contributed by atoms with Gasteiger partial charge in [0.2, 0.25) is 0 Å². The SMILES string of the molecule is COC.Nc1nonc1-c1nc2ccccc2n1CC(=NO)c1ccc(Br)cc1. The smallest absolute Gasteiger partial charge is 0.199 e. The number of imidazole rings is 1. The van der Waals surface area contributed by atoms with Crippen molar-refractivity contribution in [1.29, 1.82) is 0 Å². The molecule has 0 bridgehead atoms. The molecule has 0 aliphatic carbocycles. The van der Waals surface area contributed by atoms with Crippen LogP contribution in [0.4, 0.5) is 5.82 Å². The maximum absolute atomic E-state index is 9.57. The second kappa shape index (κ2) is 9.30. The normalized spacial score (nSPS) is 11.3. The van der Waals surface area contributed by atoms with Crippen molar-refractivity contribution >= 4 is 38.5 Å². The van der Waals surface area contributed by atoms with Crippen LogP contribution in [-0.2, 0) is 11.3 Å². The summed E-state index contributed by atoms with van der Waals surface area (Å²) >= 11 is 3.40. The van der Waals surface area contributed by atoms with Crippen molar-refractivity contribution in [1.82, 2.24) is 19.9 Å². The number of oxime groups is 1. The monoisotopic (exact) mass is 458 g/mol. The van der Waals surface area contributed by atoms with Gasteiger partial charge in [-0.15, -0.1) is 0 Å². The molecule has 0 aliphatic heterocycles. The van der Waals surface area contributed by atoms with Crippen LogP contribution < -0.4 is 5.73 Å². The van der Waals surface area contributed by atoms with E-state index < -0.39 is 0 Å². The number of fused-ring (bicyclic) bond motifs is 1. The zero-order chi connectivity index (χ0) is 20.8. The number of halogens is 1. The molecule has 0 radical (unpaired) electrons. The van der Waals surface area contributed by atoms with Crippen molar-refractivity contribution in [2.75, 3.05) is 20.0 Å². The first-order chi connectivity index (χ1) is 14.1. The molecular formula is C19H19BrN6O3. The third-order valence-electron chi connectivity index (χ3n) is 3.99. The molecule has 0 saturated heterocycles. The van der Waals surface area contributed by atoms with E-state index in [2.05, 4.69) is 41.1 Å². The predicted octanol–water partition coefficient (Wildman–Crippen LogP) is 3.57. The summed E-state index contributed by atoms with van der Waals surface area (Å²) in [5.41, 5.74) is 9.06. The van der Waals surface area contributed by atoms with Crippen molar-refractivity contribution in [3.8, 4) is 11.5 Å². The molecule has 2 aromatic heterocycles. The number of nitrogen functional groups attached to an aromatic ring is 1. The number of methoxy groups -OCH3 is 1. The van der Waals surface area contributed by atoms with Crippen LogP contribution >= 0.6 is 15.9 Å². The molecule has 4 aromatic rings. The molecule has 3 N–H and O–H groups in total. The summed E-state index contributed by atoms with van der Waals surface area (Å²) in [6.07, 6.45) is 0. The van der Waals surface area contributed by atoms with E-state index in [1.54, 1.807) is 14.2 Å². The highest BCUT2D eigenvalue weighted by Crippen LogP contribution is 2.27. The van der Waals surface area contributed by atoms with Gasteiger partial charge < -0.3 is 20.2 Å². The van der Waals surface area contributed by atoms with Gasteiger partial charge in [0.1, 0.15) is 5.71 Å². The highest BCUT2D eigenvalue weighted by Gasteiger charge is 2.20. The topological polar surface area (TPSA) is 125 Å². The van der Waals surface area contributed by atoms with Crippen molar-refractivity contribution in [2.24, 2.45) is 5.16 Å². The molecule has 10 heteroatoms. The lowest BCUT2D eigenvalue weighted by Crippen LogP contribution is -2.13. The number of ether oxygens (including phenoxy) is 1. The van der Waals surface area contributed by atoms with Gasteiger partial charge in [-0.1, -0.05) is 45.4 Å². The second-order valence-electron chi connectivity index (χ2n) is 5.97. The molecular weight excluding hydrogens is 440 g/mol. The van der Waals surface area contributed by atoms with E-state index in [0.717, 1.165) is 21.1 Å². The first-order valence-corrected chi connectivity index (χ1v) is 9.29. The number of anilines is 1.